The van der Waals surface area contributed by atoms with Crippen LogP contribution in [-0.2, 0) is 0 Å². The lowest BCUT2D eigenvalue weighted by Crippen LogP contribution is -2.47. The van der Waals surface area contributed by atoms with Gasteiger partial charge in [-0.15, -0.1) is 11.3 Å². The van der Waals surface area contributed by atoms with Crippen LogP contribution in [0.1, 0.15) is 13.8 Å². The maximum atomic E-state index is 3.21. The number of rotatable bonds is 4. The van der Waals surface area contributed by atoms with E-state index in [1.807, 2.05) is 7.05 Å². The van der Waals surface area contributed by atoms with Crippen LogP contribution in [0.25, 0.3) is 0 Å². The van der Waals surface area contributed by atoms with Crippen molar-refractivity contribution in [3.8, 4) is 0 Å². The highest BCUT2D eigenvalue weighted by Crippen LogP contribution is 2.26. The fourth-order valence-corrected chi connectivity index (χ4v) is 2.17. The summed E-state index contributed by atoms with van der Waals surface area (Å²) in [5.74, 6) is 0. The van der Waals surface area contributed by atoms with Crippen molar-refractivity contribution in [3.05, 3.63) is 17.5 Å². The van der Waals surface area contributed by atoms with Crippen molar-refractivity contribution in [2.45, 2.75) is 19.4 Å². The zero-order chi connectivity index (χ0) is 9.90. The van der Waals surface area contributed by atoms with Gasteiger partial charge < -0.3 is 10.2 Å². The molecule has 0 aromatic carbocycles. The topological polar surface area (TPSA) is 15.3 Å². The highest BCUT2D eigenvalue weighted by molar-refractivity contribution is 7.14. The molecule has 0 fully saturated rings. The number of hydrogen-bond donors (Lipinski definition) is 1. The highest BCUT2D eigenvalue weighted by Gasteiger charge is 2.23. The van der Waals surface area contributed by atoms with E-state index >= 15 is 0 Å². The van der Waals surface area contributed by atoms with E-state index in [1.165, 1.54) is 5.00 Å². The molecule has 2 nitrogen and oxygen atoms in total. The lowest BCUT2D eigenvalue weighted by atomic mass is 10.0. The molecule has 1 rings (SSSR count). The molecule has 3 heteroatoms. The first-order chi connectivity index (χ1) is 6.08. The molecule has 1 aromatic rings. The number of hydrogen-bond acceptors (Lipinski definition) is 3. The third-order valence-electron chi connectivity index (χ3n) is 2.35. The zero-order valence-electron chi connectivity index (χ0n) is 8.79. The molecule has 0 spiro atoms. The van der Waals surface area contributed by atoms with E-state index in [-0.39, 0.29) is 5.54 Å². The van der Waals surface area contributed by atoms with Crippen molar-refractivity contribution in [3.63, 3.8) is 0 Å². The van der Waals surface area contributed by atoms with E-state index in [4.69, 9.17) is 0 Å². The van der Waals surface area contributed by atoms with Crippen LogP contribution in [-0.4, -0.2) is 26.2 Å². The Morgan fingerprint density at radius 1 is 1.54 bits per heavy atom. The Labute approximate surface area is 84.6 Å². The average molecular weight is 198 g/mol. The maximum Gasteiger partial charge on any atom is 0.0910 e. The summed E-state index contributed by atoms with van der Waals surface area (Å²) in [6.45, 7) is 5.47. The second-order valence-electron chi connectivity index (χ2n) is 3.85. The summed E-state index contributed by atoms with van der Waals surface area (Å²) in [7, 11) is 4.13. The molecule has 0 bridgehead atoms. The van der Waals surface area contributed by atoms with E-state index in [0.717, 1.165) is 6.54 Å². The lowest BCUT2D eigenvalue weighted by molar-refractivity contribution is 0.465. The molecule has 13 heavy (non-hydrogen) atoms. The summed E-state index contributed by atoms with van der Waals surface area (Å²) in [4.78, 5) is 2.31. The van der Waals surface area contributed by atoms with Crippen molar-refractivity contribution in [2.24, 2.45) is 0 Å². The largest absolute Gasteiger partial charge is 0.360 e. The number of anilines is 1. The van der Waals surface area contributed by atoms with Crippen molar-refractivity contribution in [2.75, 3.05) is 25.5 Å². The molecule has 0 saturated carbocycles. The van der Waals surface area contributed by atoms with Gasteiger partial charge in [-0.3, -0.25) is 0 Å². The first-order valence-corrected chi connectivity index (χ1v) is 5.38. The Morgan fingerprint density at radius 3 is 2.69 bits per heavy atom. The Kier molecular flexibility index (Phi) is 3.33. The third-order valence-corrected chi connectivity index (χ3v) is 3.30. The average Bonchev–Trinajstić information content (AvgIpc) is 2.54. The Balaban J connectivity index is 2.71. The van der Waals surface area contributed by atoms with Crippen LogP contribution in [0.5, 0.6) is 0 Å². The van der Waals surface area contributed by atoms with Crippen LogP contribution < -0.4 is 10.2 Å². The number of nitrogens with zero attached hydrogens (tertiary/aromatic N) is 1. The van der Waals surface area contributed by atoms with Crippen LogP contribution in [0.3, 0.4) is 0 Å². The van der Waals surface area contributed by atoms with Gasteiger partial charge in [0.05, 0.1) is 5.00 Å². The predicted octanol–water partition coefficient (Wildman–Crippen LogP) is 2.18. The van der Waals surface area contributed by atoms with Gasteiger partial charge in [-0.05, 0) is 38.4 Å². The minimum atomic E-state index is 0.166. The van der Waals surface area contributed by atoms with Gasteiger partial charge in [-0.2, -0.15) is 0 Å². The summed E-state index contributed by atoms with van der Waals surface area (Å²) in [6, 6.07) is 4.24. The van der Waals surface area contributed by atoms with Gasteiger partial charge in [0.2, 0.25) is 0 Å². The highest BCUT2D eigenvalue weighted by atomic mass is 32.1. The molecule has 74 valence electrons. The molecule has 0 unspecified atom stereocenters. The van der Waals surface area contributed by atoms with Gasteiger partial charge in [-0.25, -0.2) is 0 Å². The monoisotopic (exact) mass is 198 g/mol. The standard InChI is InChI=1S/C10H18N2S/c1-10(2,8-11-3)12(4)9-6-5-7-13-9/h5-7,11H,8H2,1-4H3. The SMILES string of the molecule is CNCC(C)(C)N(C)c1cccs1. The minimum Gasteiger partial charge on any atom is -0.360 e. The van der Waals surface area contributed by atoms with E-state index in [2.05, 4.69) is 48.6 Å². The fourth-order valence-electron chi connectivity index (χ4n) is 1.31. The van der Waals surface area contributed by atoms with Crippen LogP contribution in [0.15, 0.2) is 17.5 Å². The fraction of sp³-hybridized carbons (Fsp3) is 0.600. The molecule has 0 aliphatic heterocycles. The zero-order valence-corrected chi connectivity index (χ0v) is 9.61. The van der Waals surface area contributed by atoms with Gasteiger partial charge in [0, 0.05) is 19.1 Å². The molecular formula is C10H18N2S. The molecule has 0 atom stereocenters. The molecule has 1 aromatic heterocycles. The molecule has 0 saturated heterocycles. The van der Waals surface area contributed by atoms with Gasteiger partial charge in [-0.1, -0.05) is 0 Å². The van der Waals surface area contributed by atoms with Crippen molar-refractivity contribution in [1.82, 2.24) is 5.32 Å². The minimum absolute atomic E-state index is 0.166. The first-order valence-electron chi connectivity index (χ1n) is 4.50. The summed E-state index contributed by atoms with van der Waals surface area (Å²) in [5.41, 5.74) is 0.166. The summed E-state index contributed by atoms with van der Waals surface area (Å²) >= 11 is 1.78. The van der Waals surface area contributed by atoms with Crippen LogP contribution in [0.4, 0.5) is 5.00 Å². The van der Waals surface area contributed by atoms with Crippen molar-refractivity contribution >= 4 is 16.3 Å². The lowest BCUT2D eigenvalue weighted by Gasteiger charge is -2.36. The summed E-state index contributed by atoms with van der Waals surface area (Å²) in [6.07, 6.45) is 0. The van der Waals surface area contributed by atoms with Crippen LogP contribution >= 0.6 is 11.3 Å². The first kappa shape index (κ1) is 10.5. The Bertz CT molecular complexity index is 241. The number of thiophene rings is 1. The smallest absolute Gasteiger partial charge is 0.0910 e. The molecule has 0 radical (unpaired) electrons. The Morgan fingerprint density at radius 2 is 2.23 bits per heavy atom. The Hall–Kier alpha value is -0.540. The second-order valence-corrected chi connectivity index (χ2v) is 4.78. The van der Waals surface area contributed by atoms with Gasteiger partial charge >= 0.3 is 0 Å². The molecule has 0 aliphatic rings. The predicted molar refractivity (Wildman–Crippen MR) is 60.7 cm³/mol. The molecule has 1 heterocycles. The number of nitrogens with one attached hydrogen (secondary N) is 1. The van der Waals surface area contributed by atoms with Crippen molar-refractivity contribution in [1.29, 1.82) is 0 Å². The summed E-state index contributed by atoms with van der Waals surface area (Å²) in [5, 5.41) is 6.65. The van der Waals surface area contributed by atoms with Gasteiger partial charge in [0.1, 0.15) is 0 Å². The van der Waals surface area contributed by atoms with E-state index in [1.54, 1.807) is 11.3 Å². The van der Waals surface area contributed by atoms with Crippen LogP contribution in [0.2, 0.25) is 0 Å². The maximum absolute atomic E-state index is 3.21. The van der Waals surface area contributed by atoms with Crippen LogP contribution in [0, 0.1) is 0 Å². The van der Waals surface area contributed by atoms with Gasteiger partial charge in [0.15, 0.2) is 0 Å². The molecule has 0 amide bonds. The molecular weight excluding hydrogens is 180 g/mol. The van der Waals surface area contributed by atoms with E-state index in [0.29, 0.717) is 0 Å². The molecule has 0 aliphatic carbocycles. The molecule has 1 N–H and O–H groups in total. The van der Waals surface area contributed by atoms with Crippen molar-refractivity contribution < 1.29 is 0 Å². The third kappa shape index (κ3) is 2.45. The summed E-state index contributed by atoms with van der Waals surface area (Å²) < 4.78 is 0. The second kappa shape index (κ2) is 4.11. The number of likely N-dealkylation sites (N-methyl/N-ethyl adjacent to an activating group) is 2. The van der Waals surface area contributed by atoms with Gasteiger partial charge in [0.25, 0.3) is 0 Å². The van der Waals surface area contributed by atoms with E-state index < -0.39 is 0 Å². The van der Waals surface area contributed by atoms with E-state index in [9.17, 15) is 0 Å². The normalized spacial score (nSPS) is 11.7. The quantitative estimate of drug-likeness (QED) is 0.798.